The number of carbonyl (C=O) groups excluding carboxylic acids is 1. The Labute approximate surface area is 149 Å². The van der Waals surface area contributed by atoms with Gasteiger partial charge in [-0.05, 0) is 23.8 Å². The molecule has 126 valence electrons. The highest BCUT2D eigenvalue weighted by atomic mass is 35.5. The number of Topliss-reactive ketones (excluding diaryl/α,β-unsaturated/α-hetero) is 1. The summed E-state index contributed by atoms with van der Waals surface area (Å²) in [4.78, 5) is 15.7. The lowest BCUT2D eigenvalue weighted by Gasteiger charge is -2.27. The summed E-state index contributed by atoms with van der Waals surface area (Å²) >= 11 is 7.68. The summed E-state index contributed by atoms with van der Waals surface area (Å²) in [6, 6.07) is 7.82. The molecule has 1 aliphatic heterocycles. The van der Waals surface area contributed by atoms with Gasteiger partial charge in [-0.15, -0.1) is 11.3 Å². The Kier molecular flexibility index (Phi) is 4.24. The number of hydrogen-bond acceptors (Lipinski definition) is 5. The number of carbonyl (C=O) groups is 1. The van der Waals surface area contributed by atoms with Crippen LogP contribution in [-0.4, -0.2) is 39.2 Å². The molecule has 0 spiro atoms. The third kappa shape index (κ3) is 2.70. The molecule has 1 atom stereocenters. The number of fused-ring (bicyclic) bond motifs is 1. The van der Waals surface area contributed by atoms with E-state index in [9.17, 15) is 4.79 Å². The van der Waals surface area contributed by atoms with Crippen molar-refractivity contribution in [2.24, 2.45) is 0 Å². The zero-order valence-corrected chi connectivity index (χ0v) is 15.0. The zero-order valence-electron chi connectivity index (χ0n) is 13.4. The lowest BCUT2D eigenvalue weighted by Crippen LogP contribution is -2.35. The number of nitrogens with zero attached hydrogens (tertiary/aromatic N) is 1. The van der Waals surface area contributed by atoms with Gasteiger partial charge in [0.2, 0.25) is 0 Å². The molecule has 0 bridgehead atoms. The molecule has 24 heavy (non-hydrogen) atoms. The van der Waals surface area contributed by atoms with Crippen LogP contribution in [0.4, 0.5) is 5.00 Å². The van der Waals surface area contributed by atoms with Crippen LogP contribution in [-0.2, 0) is 4.74 Å². The van der Waals surface area contributed by atoms with Crippen LogP contribution in [0.1, 0.15) is 33.1 Å². The fourth-order valence-corrected chi connectivity index (χ4v) is 4.83. The van der Waals surface area contributed by atoms with E-state index in [4.69, 9.17) is 21.1 Å². The van der Waals surface area contributed by atoms with Crippen molar-refractivity contribution >= 4 is 33.7 Å². The topological polar surface area (TPSA) is 38.8 Å². The molecule has 1 saturated heterocycles. The minimum atomic E-state index is 0.0470. The minimum absolute atomic E-state index is 0.0470. The number of hydrogen-bond donors (Lipinski definition) is 0. The highest BCUT2D eigenvalue weighted by molar-refractivity contribution is 7.18. The lowest BCUT2D eigenvalue weighted by atomic mass is 9.93. The van der Waals surface area contributed by atoms with Crippen LogP contribution in [0, 0.1) is 0 Å². The predicted octanol–water partition coefficient (Wildman–Crippen LogP) is 3.97. The summed E-state index contributed by atoms with van der Waals surface area (Å²) in [5.74, 6) is 1.01. The van der Waals surface area contributed by atoms with Crippen molar-refractivity contribution in [2.75, 3.05) is 38.3 Å². The van der Waals surface area contributed by atoms with Gasteiger partial charge in [-0.3, -0.25) is 4.79 Å². The van der Waals surface area contributed by atoms with Crippen LogP contribution in [0.25, 0.3) is 0 Å². The van der Waals surface area contributed by atoms with E-state index in [2.05, 4.69) is 11.0 Å². The molecule has 0 N–H and O–H groups in total. The van der Waals surface area contributed by atoms with Crippen molar-refractivity contribution in [3.63, 3.8) is 0 Å². The summed E-state index contributed by atoms with van der Waals surface area (Å²) in [6.07, 6.45) is 0.503. The first-order valence-corrected chi connectivity index (χ1v) is 9.20. The standard InChI is InChI=1S/C18H18ClNO3S/c1-22-16-8-11(19)2-3-12(16)13-9-15(21)18-14(13)10-17(24-18)20-4-6-23-7-5-20/h2-3,8,10,13H,4-7,9H2,1H3. The number of methoxy groups -OCH3 is 1. The van der Waals surface area contributed by atoms with Crippen molar-refractivity contribution < 1.29 is 14.3 Å². The fourth-order valence-electron chi connectivity index (χ4n) is 3.45. The molecule has 1 unspecified atom stereocenters. The maximum atomic E-state index is 12.5. The van der Waals surface area contributed by atoms with Crippen LogP contribution in [0.15, 0.2) is 24.3 Å². The average Bonchev–Trinajstić information content (AvgIpc) is 3.17. The van der Waals surface area contributed by atoms with Crippen LogP contribution in [0.2, 0.25) is 5.02 Å². The summed E-state index contributed by atoms with van der Waals surface area (Å²) in [6.45, 7) is 3.24. The molecular formula is C18H18ClNO3S. The van der Waals surface area contributed by atoms with Gasteiger partial charge in [0.25, 0.3) is 0 Å². The molecule has 1 aromatic heterocycles. The van der Waals surface area contributed by atoms with Crippen LogP contribution in [0.5, 0.6) is 5.75 Å². The fraction of sp³-hybridized carbons (Fsp3) is 0.389. The second-order valence-corrected chi connectivity index (χ2v) is 7.50. The number of benzene rings is 1. The summed E-state index contributed by atoms with van der Waals surface area (Å²) in [7, 11) is 1.64. The van der Waals surface area contributed by atoms with Crippen molar-refractivity contribution in [3.05, 3.63) is 45.3 Å². The zero-order chi connectivity index (χ0) is 16.7. The van der Waals surface area contributed by atoms with Crippen molar-refractivity contribution in [3.8, 4) is 5.75 Å². The monoisotopic (exact) mass is 363 g/mol. The molecule has 6 heteroatoms. The van der Waals surface area contributed by atoms with E-state index in [0.29, 0.717) is 11.4 Å². The van der Waals surface area contributed by atoms with E-state index in [1.165, 1.54) is 0 Å². The van der Waals surface area contributed by atoms with Gasteiger partial charge in [-0.1, -0.05) is 17.7 Å². The van der Waals surface area contributed by atoms with E-state index >= 15 is 0 Å². The highest BCUT2D eigenvalue weighted by Gasteiger charge is 2.35. The second kappa shape index (κ2) is 6.39. The number of morpholine rings is 1. The Bertz CT molecular complexity index is 783. The van der Waals surface area contributed by atoms with Gasteiger partial charge < -0.3 is 14.4 Å². The van der Waals surface area contributed by atoms with Gasteiger partial charge in [0.05, 0.1) is 30.2 Å². The molecule has 1 aromatic carbocycles. The predicted molar refractivity (Wildman–Crippen MR) is 96.1 cm³/mol. The van der Waals surface area contributed by atoms with Crippen molar-refractivity contribution in [1.82, 2.24) is 0 Å². The molecule has 2 heterocycles. The maximum absolute atomic E-state index is 12.5. The Morgan fingerprint density at radius 3 is 2.79 bits per heavy atom. The van der Waals surface area contributed by atoms with Crippen LogP contribution >= 0.6 is 22.9 Å². The molecule has 2 aromatic rings. The third-order valence-electron chi connectivity index (χ3n) is 4.66. The van der Waals surface area contributed by atoms with E-state index in [0.717, 1.165) is 53.1 Å². The second-order valence-electron chi connectivity index (χ2n) is 6.03. The Morgan fingerprint density at radius 2 is 2.04 bits per heavy atom. The number of anilines is 1. The Balaban J connectivity index is 1.72. The smallest absolute Gasteiger partial charge is 0.174 e. The van der Waals surface area contributed by atoms with Gasteiger partial charge in [-0.25, -0.2) is 0 Å². The first-order chi connectivity index (χ1) is 11.7. The van der Waals surface area contributed by atoms with Gasteiger partial charge in [0, 0.05) is 36.0 Å². The van der Waals surface area contributed by atoms with Crippen LogP contribution < -0.4 is 9.64 Å². The third-order valence-corrected chi connectivity index (χ3v) is 6.15. The van der Waals surface area contributed by atoms with E-state index in [-0.39, 0.29) is 11.7 Å². The summed E-state index contributed by atoms with van der Waals surface area (Å²) in [5, 5.41) is 1.80. The highest BCUT2D eigenvalue weighted by Crippen LogP contribution is 2.47. The molecule has 0 amide bonds. The molecule has 4 nitrogen and oxygen atoms in total. The summed E-state index contributed by atoms with van der Waals surface area (Å²) < 4.78 is 10.9. The lowest BCUT2D eigenvalue weighted by molar-refractivity contribution is 0.0994. The molecule has 4 rings (SSSR count). The van der Waals surface area contributed by atoms with Crippen molar-refractivity contribution in [2.45, 2.75) is 12.3 Å². The van der Waals surface area contributed by atoms with Gasteiger partial charge >= 0.3 is 0 Å². The van der Waals surface area contributed by atoms with E-state index in [1.807, 2.05) is 18.2 Å². The quantitative estimate of drug-likeness (QED) is 0.827. The maximum Gasteiger partial charge on any atom is 0.174 e. The van der Waals surface area contributed by atoms with E-state index < -0.39 is 0 Å². The normalized spacial score (nSPS) is 20.3. The molecule has 1 fully saturated rings. The molecular weight excluding hydrogens is 346 g/mol. The van der Waals surface area contributed by atoms with Gasteiger partial charge in [0.1, 0.15) is 5.75 Å². The van der Waals surface area contributed by atoms with E-state index in [1.54, 1.807) is 18.4 Å². The van der Waals surface area contributed by atoms with Gasteiger partial charge in [-0.2, -0.15) is 0 Å². The largest absolute Gasteiger partial charge is 0.496 e. The first-order valence-electron chi connectivity index (χ1n) is 8.00. The van der Waals surface area contributed by atoms with Gasteiger partial charge in [0.15, 0.2) is 5.78 Å². The number of ketones is 1. The van der Waals surface area contributed by atoms with Crippen LogP contribution in [0.3, 0.4) is 0 Å². The molecule has 1 aliphatic carbocycles. The molecule has 2 aliphatic rings. The minimum Gasteiger partial charge on any atom is -0.496 e. The Hall–Kier alpha value is -1.56. The number of rotatable bonds is 3. The van der Waals surface area contributed by atoms with Crippen molar-refractivity contribution in [1.29, 1.82) is 0 Å². The first kappa shape index (κ1) is 15.9. The summed E-state index contributed by atoms with van der Waals surface area (Å²) in [5.41, 5.74) is 2.15. The number of halogens is 1. The SMILES string of the molecule is COc1cc(Cl)ccc1C1CC(=O)c2sc(N3CCOCC3)cc21. The average molecular weight is 364 g/mol. The molecule has 0 saturated carbocycles. The number of thiophene rings is 1. The Morgan fingerprint density at radius 1 is 1.25 bits per heavy atom. The molecule has 0 radical (unpaired) electrons. The number of ether oxygens (including phenoxy) is 2.